The van der Waals surface area contributed by atoms with Crippen LogP contribution in [0.5, 0.6) is 0 Å². The fourth-order valence-electron chi connectivity index (χ4n) is 0. The Bertz CT molecular complexity index is 7.51. The molecular formula is H4Cl4OW. The van der Waals surface area contributed by atoms with Gasteiger partial charge in [-0.05, 0) is 0 Å². The van der Waals surface area contributed by atoms with Crippen LogP contribution in [0.25, 0.3) is 0 Å². The van der Waals surface area contributed by atoms with E-state index in [1.807, 2.05) is 0 Å². The van der Waals surface area contributed by atoms with Crippen LogP contribution in [0.4, 0.5) is 0 Å². The second kappa shape index (κ2) is 78.1. The molecule has 44 valence electrons. The van der Waals surface area contributed by atoms with Gasteiger partial charge in [0.1, 0.15) is 0 Å². The number of hydrogen-bond acceptors (Lipinski definition) is 1. The van der Waals surface area contributed by atoms with Gasteiger partial charge in [-0.1, -0.05) is 0 Å². The van der Waals surface area contributed by atoms with E-state index in [0.29, 0.717) is 19.8 Å². The van der Waals surface area contributed by atoms with Crippen LogP contribution in [0.2, 0.25) is 0 Å². The summed E-state index contributed by atoms with van der Waals surface area (Å²) in [7, 11) is 0. The van der Waals surface area contributed by atoms with Crippen LogP contribution in [0.3, 0.4) is 0 Å². The first-order valence-corrected chi connectivity index (χ1v) is 1.36. The molecule has 0 aromatic heterocycles. The Balaban J connectivity index is -0.000000000833. The van der Waals surface area contributed by atoms with Gasteiger partial charge in [0, 0.05) is 0 Å². The molecule has 0 aliphatic heterocycles. The molecule has 0 aliphatic rings. The number of rotatable bonds is 0. The van der Waals surface area contributed by atoms with Crippen molar-refractivity contribution in [3.63, 3.8) is 0 Å². The van der Waals surface area contributed by atoms with E-state index < -0.39 is 0 Å². The van der Waals surface area contributed by atoms with Crippen LogP contribution >= 0.6 is 49.6 Å². The summed E-state index contributed by atoms with van der Waals surface area (Å²) in [5.41, 5.74) is 0. The van der Waals surface area contributed by atoms with Gasteiger partial charge in [-0.25, -0.2) is 0 Å². The van der Waals surface area contributed by atoms with Crippen molar-refractivity contribution < 1.29 is 23.2 Å². The van der Waals surface area contributed by atoms with E-state index in [9.17, 15) is 0 Å². The third-order valence-electron chi connectivity index (χ3n) is 0. The molecule has 0 unspecified atom stereocenters. The Morgan fingerprint density at radius 2 is 0.667 bits per heavy atom. The average Bonchev–Trinajstić information content (AvgIpc) is 1.00. The molecule has 0 aliphatic carbocycles. The van der Waals surface area contributed by atoms with Gasteiger partial charge in [0.2, 0.25) is 0 Å². The summed E-state index contributed by atoms with van der Waals surface area (Å²) in [5.74, 6) is 0. The van der Waals surface area contributed by atoms with Crippen LogP contribution < -0.4 is 0 Å². The number of halogens is 4. The Labute approximate surface area is 72.5 Å². The van der Waals surface area contributed by atoms with Crippen LogP contribution in [-0.4, -0.2) is 0 Å². The molecular weight excluding hydrogens is 342 g/mol. The summed E-state index contributed by atoms with van der Waals surface area (Å²) in [6.07, 6.45) is 0. The summed E-state index contributed by atoms with van der Waals surface area (Å²) in [5, 5.41) is 0. The van der Waals surface area contributed by atoms with Crippen molar-refractivity contribution in [3.8, 4) is 0 Å². The second-order valence-electron chi connectivity index (χ2n) is 0. The molecule has 0 spiro atoms. The summed E-state index contributed by atoms with van der Waals surface area (Å²) < 4.78 is 8.33. The minimum atomic E-state index is 0. The van der Waals surface area contributed by atoms with Crippen molar-refractivity contribution >= 4 is 49.6 Å². The third-order valence-corrected chi connectivity index (χ3v) is 0. The molecule has 0 saturated heterocycles. The van der Waals surface area contributed by atoms with Gasteiger partial charge in [-0.3, -0.25) is 0 Å². The van der Waals surface area contributed by atoms with Gasteiger partial charge in [-0.15, -0.1) is 49.6 Å². The SMILES string of the molecule is Cl.Cl.Cl.Cl.[O]=[W]. The molecule has 0 radical (unpaired) electrons. The summed E-state index contributed by atoms with van der Waals surface area (Å²) in [6.45, 7) is 0. The van der Waals surface area contributed by atoms with Gasteiger partial charge < -0.3 is 0 Å². The van der Waals surface area contributed by atoms with Crippen molar-refractivity contribution in [2.24, 2.45) is 0 Å². The summed E-state index contributed by atoms with van der Waals surface area (Å²) >= 11 is 0.333. The van der Waals surface area contributed by atoms with E-state index in [-0.39, 0.29) is 49.6 Å². The van der Waals surface area contributed by atoms with Gasteiger partial charge >= 0.3 is 23.2 Å². The van der Waals surface area contributed by atoms with E-state index in [1.165, 1.54) is 0 Å². The predicted molar refractivity (Wildman–Crippen MR) is 29.7 cm³/mol. The third kappa shape index (κ3) is 44.9. The van der Waals surface area contributed by atoms with Crippen molar-refractivity contribution in [1.29, 1.82) is 0 Å². The van der Waals surface area contributed by atoms with Crippen LogP contribution in [-0.2, 0) is 23.2 Å². The van der Waals surface area contributed by atoms with Crippen LogP contribution in [0.1, 0.15) is 0 Å². The molecule has 0 saturated carbocycles. The monoisotopic (exact) mass is 344 g/mol. The molecule has 0 aromatic carbocycles. The first-order valence-electron chi connectivity index (χ1n) is 0.167. The zero-order valence-corrected chi connectivity index (χ0v) is 8.65. The van der Waals surface area contributed by atoms with Gasteiger partial charge in [-0.2, -0.15) is 0 Å². The van der Waals surface area contributed by atoms with Gasteiger partial charge in [0.25, 0.3) is 0 Å². The fourth-order valence-corrected chi connectivity index (χ4v) is 0. The Morgan fingerprint density at radius 1 is 0.667 bits per heavy atom. The maximum absolute atomic E-state index is 8.33. The van der Waals surface area contributed by atoms with E-state index in [1.54, 1.807) is 0 Å². The van der Waals surface area contributed by atoms with E-state index >= 15 is 0 Å². The second-order valence-corrected chi connectivity index (χ2v) is 0. The molecule has 6 heteroatoms. The molecule has 0 fully saturated rings. The van der Waals surface area contributed by atoms with Crippen molar-refractivity contribution in [2.75, 3.05) is 0 Å². The molecule has 0 N–H and O–H groups in total. The normalized spacial score (nSPS) is 0.667. The van der Waals surface area contributed by atoms with Crippen LogP contribution in [0, 0.1) is 0 Å². The zero-order chi connectivity index (χ0) is 2.00. The first kappa shape index (κ1) is 48.2. The quantitative estimate of drug-likeness (QED) is 0.651. The molecule has 0 amide bonds. The van der Waals surface area contributed by atoms with Crippen molar-refractivity contribution in [2.45, 2.75) is 0 Å². The predicted octanol–water partition coefficient (Wildman–Crippen LogP) is 1.57. The van der Waals surface area contributed by atoms with E-state index in [2.05, 4.69) is 0 Å². The Hall–Kier alpha value is 1.65. The molecule has 6 heavy (non-hydrogen) atoms. The van der Waals surface area contributed by atoms with Gasteiger partial charge in [0.05, 0.1) is 0 Å². The Kier molecular flexibility index (Phi) is 627. The Morgan fingerprint density at radius 3 is 0.667 bits per heavy atom. The maximum atomic E-state index is 8.33. The molecule has 1 nitrogen and oxygen atoms in total. The molecule has 0 rings (SSSR count). The van der Waals surface area contributed by atoms with E-state index in [4.69, 9.17) is 3.40 Å². The standard InChI is InChI=1S/4ClH.O.W/h4*1H;;. The van der Waals surface area contributed by atoms with Crippen molar-refractivity contribution in [1.82, 2.24) is 0 Å². The van der Waals surface area contributed by atoms with Crippen molar-refractivity contribution in [3.05, 3.63) is 0 Å². The summed E-state index contributed by atoms with van der Waals surface area (Å²) in [6, 6.07) is 0. The fraction of sp³-hybridized carbons (Fsp3) is 0. The zero-order valence-electron chi connectivity index (χ0n) is 2.45. The topological polar surface area (TPSA) is 17.1 Å². The molecule has 0 bridgehead atoms. The van der Waals surface area contributed by atoms with Crippen LogP contribution in [0.15, 0.2) is 0 Å². The molecule has 0 aromatic rings. The average molecular weight is 346 g/mol. The van der Waals surface area contributed by atoms with Gasteiger partial charge in [0.15, 0.2) is 0 Å². The molecule has 0 atom stereocenters. The first-order chi connectivity index (χ1) is 1.00. The van der Waals surface area contributed by atoms with E-state index in [0.717, 1.165) is 0 Å². The summed E-state index contributed by atoms with van der Waals surface area (Å²) in [4.78, 5) is 0. The molecule has 0 heterocycles. The number of hydrogen-bond donors (Lipinski definition) is 0. The minimum absolute atomic E-state index is 0.